The first-order chi connectivity index (χ1) is 6.47. The van der Waals surface area contributed by atoms with Gasteiger partial charge in [0.2, 0.25) is 0 Å². The van der Waals surface area contributed by atoms with Gasteiger partial charge in [0.25, 0.3) is 0 Å². The lowest BCUT2D eigenvalue weighted by atomic mass is 10.1. The number of piperazine rings is 1. The quantitative estimate of drug-likeness (QED) is 0.606. The molecule has 2 fully saturated rings. The van der Waals surface area contributed by atoms with E-state index in [1.807, 2.05) is 27.7 Å². The van der Waals surface area contributed by atoms with E-state index in [0.717, 1.165) is 12.1 Å². The highest BCUT2D eigenvalue weighted by Gasteiger charge is 2.28. The van der Waals surface area contributed by atoms with Crippen LogP contribution in [-0.4, -0.2) is 25.2 Å². The van der Waals surface area contributed by atoms with Gasteiger partial charge in [-0.15, -0.1) is 0 Å². The molecule has 1 saturated heterocycles. The van der Waals surface area contributed by atoms with E-state index in [0.29, 0.717) is 0 Å². The van der Waals surface area contributed by atoms with E-state index >= 15 is 0 Å². The van der Waals surface area contributed by atoms with Gasteiger partial charge in [0.05, 0.1) is 0 Å². The Kier molecular flexibility index (Phi) is 8.46. The summed E-state index contributed by atoms with van der Waals surface area (Å²) in [5.41, 5.74) is 0. The third-order valence-electron chi connectivity index (χ3n) is 2.45. The molecule has 2 atom stereocenters. The summed E-state index contributed by atoms with van der Waals surface area (Å²) in [5.74, 6) is 0. The highest BCUT2D eigenvalue weighted by atomic mass is 15.1. The van der Waals surface area contributed by atoms with Crippen molar-refractivity contribution in [2.75, 3.05) is 13.1 Å². The topological polar surface area (TPSA) is 24.1 Å². The van der Waals surface area contributed by atoms with Crippen molar-refractivity contribution in [3.05, 3.63) is 0 Å². The number of nitrogens with one attached hydrogen (secondary N) is 2. The van der Waals surface area contributed by atoms with Crippen LogP contribution in [0.4, 0.5) is 0 Å². The summed E-state index contributed by atoms with van der Waals surface area (Å²) >= 11 is 0. The van der Waals surface area contributed by atoms with Crippen LogP contribution in [0.2, 0.25) is 0 Å². The fourth-order valence-corrected chi connectivity index (χ4v) is 1.96. The van der Waals surface area contributed by atoms with E-state index < -0.39 is 0 Å². The standard InChI is InChI=1S/C7H14N2.2C2H6/c1-2-6-7(3-1)9-5-4-8-6;2*1-2/h6-9H,1-5H2;2*1-2H3. The largest absolute Gasteiger partial charge is 0.311 e. The first kappa shape index (κ1) is 12.9. The van der Waals surface area contributed by atoms with Crippen LogP contribution in [-0.2, 0) is 0 Å². The van der Waals surface area contributed by atoms with Crippen LogP contribution in [0.5, 0.6) is 0 Å². The zero-order valence-electron chi connectivity index (χ0n) is 9.69. The van der Waals surface area contributed by atoms with Crippen LogP contribution >= 0.6 is 0 Å². The molecule has 1 saturated carbocycles. The molecule has 2 unspecified atom stereocenters. The third-order valence-corrected chi connectivity index (χ3v) is 2.45. The van der Waals surface area contributed by atoms with Gasteiger partial charge in [0.1, 0.15) is 0 Å². The van der Waals surface area contributed by atoms with Gasteiger partial charge in [-0.1, -0.05) is 34.1 Å². The molecule has 2 heteroatoms. The molecule has 0 aromatic carbocycles. The average molecular weight is 186 g/mol. The van der Waals surface area contributed by atoms with Crippen LogP contribution in [0.3, 0.4) is 0 Å². The summed E-state index contributed by atoms with van der Waals surface area (Å²) < 4.78 is 0. The molecular weight excluding hydrogens is 160 g/mol. The van der Waals surface area contributed by atoms with Gasteiger partial charge >= 0.3 is 0 Å². The summed E-state index contributed by atoms with van der Waals surface area (Å²) in [5, 5.41) is 7.04. The van der Waals surface area contributed by atoms with Gasteiger partial charge in [-0.05, 0) is 12.8 Å². The molecule has 2 aliphatic rings. The molecule has 0 spiro atoms. The predicted octanol–water partition coefficient (Wildman–Crippen LogP) is 2.15. The van der Waals surface area contributed by atoms with Crippen LogP contribution < -0.4 is 10.6 Å². The van der Waals surface area contributed by atoms with E-state index in [4.69, 9.17) is 0 Å². The normalized spacial score (nSPS) is 30.5. The van der Waals surface area contributed by atoms with Crippen molar-refractivity contribution in [1.82, 2.24) is 10.6 Å². The highest BCUT2D eigenvalue weighted by Crippen LogP contribution is 2.19. The van der Waals surface area contributed by atoms with Crippen molar-refractivity contribution >= 4 is 0 Å². The summed E-state index contributed by atoms with van der Waals surface area (Å²) in [7, 11) is 0. The third kappa shape index (κ3) is 4.10. The van der Waals surface area contributed by atoms with Crippen molar-refractivity contribution in [1.29, 1.82) is 0 Å². The van der Waals surface area contributed by atoms with E-state index in [1.54, 1.807) is 0 Å². The summed E-state index contributed by atoms with van der Waals surface area (Å²) in [6.07, 6.45) is 4.19. The fraction of sp³-hybridized carbons (Fsp3) is 1.00. The van der Waals surface area contributed by atoms with Crippen LogP contribution in [0.15, 0.2) is 0 Å². The van der Waals surface area contributed by atoms with Crippen molar-refractivity contribution < 1.29 is 0 Å². The zero-order chi connectivity index (χ0) is 10.1. The molecule has 13 heavy (non-hydrogen) atoms. The SMILES string of the molecule is C1CC2NCCNC2C1.CC.CC. The Labute approximate surface area is 83.5 Å². The molecule has 0 radical (unpaired) electrons. The van der Waals surface area contributed by atoms with Gasteiger partial charge in [-0.25, -0.2) is 0 Å². The lowest BCUT2D eigenvalue weighted by molar-refractivity contribution is 0.358. The maximum Gasteiger partial charge on any atom is 0.0221 e. The minimum atomic E-state index is 0.804. The molecule has 1 aliphatic heterocycles. The Balaban J connectivity index is 0.000000322. The maximum absolute atomic E-state index is 3.52. The van der Waals surface area contributed by atoms with E-state index in [9.17, 15) is 0 Å². The molecule has 2 nitrogen and oxygen atoms in total. The summed E-state index contributed by atoms with van der Waals surface area (Å²) in [4.78, 5) is 0. The Bertz CT molecular complexity index is 92.3. The number of rotatable bonds is 0. The fourth-order valence-electron chi connectivity index (χ4n) is 1.96. The van der Waals surface area contributed by atoms with E-state index in [2.05, 4.69) is 10.6 Å². The Morgan fingerprint density at radius 3 is 1.54 bits per heavy atom. The smallest absolute Gasteiger partial charge is 0.0221 e. The second kappa shape index (κ2) is 8.52. The molecule has 0 aromatic heterocycles. The minimum Gasteiger partial charge on any atom is -0.311 e. The first-order valence-corrected chi connectivity index (χ1v) is 5.93. The van der Waals surface area contributed by atoms with Crippen molar-refractivity contribution in [3.8, 4) is 0 Å². The molecule has 2 rings (SSSR count). The minimum absolute atomic E-state index is 0.804. The molecule has 0 amide bonds. The second-order valence-electron chi connectivity index (χ2n) is 3.05. The monoisotopic (exact) mass is 186 g/mol. The average Bonchev–Trinajstić information content (AvgIpc) is 2.71. The van der Waals surface area contributed by atoms with Gasteiger partial charge in [-0.3, -0.25) is 0 Å². The summed E-state index contributed by atoms with van der Waals surface area (Å²) in [6.45, 7) is 10.3. The van der Waals surface area contributed by atoms with E-state index in [-0.39, 0.29) is 0 Å². The molecular formula is C11H26N2. The molecule has 0 bridgehead atoms. The van der Waals surface area contributed by atoms with Crippen LogP contribution in [0, 0.1) is 0 Å². The maximum atomic E-state index is 3.52. The first-order valence-electron chi connectivity index (χ1n) is 5.93. The van der Waals surface area contributed by atoms with Gasteiger partial charge in [-0.2, -0.15) is 0 Å². The Morgan fingerprint density at radius 1 is 0.769 bits per heavy atom. The molecule has 80 valence electrons. The molecule has 1 aliphatic carbocycles. The molecule has 0 aromatic rings. The predicted molar refractivity (Wildman–Crippen MR) is 60.1 cm³/mol. The molecule has 2 N–H and O–H groups in total. The second-order valence-corrected chi connectivity index (χ2v) is 3.05. The van der Waals surface area contributed by atoms with Crippen molar-refractivity contribution in [3.63, 3.8) is 0 Å². The Hall–Kier alpha value is -0.0800. The van der Waals surface area contributed by atoms with Crippen LogP contribution in [0.1, 0.15) is 47.0 Å². The lowest BCUT2D eigenvalue weighted by Gasteiger charge is -2.27. The zero-order valence-corrected chi connectivity index (χ0v) is 9.69. The number of hydrogen-bond acceptors (Lipinski definition) is 2. The van der Waals surface area contributed by atoms with Gasteiger partial charge in [0, 0.05) is 25.2 Å². The highest BCUT2D eigenvalue weighted by molar-refractivity contribution is 4.91. The number of hydrogen-bond donors (Lipinski definition) is 2. The van der Waals surface area contributed by atoms with Crippen LogP contribution in [0.25, 0.3) is 0 Å². The lowest BCUT2D eigenvalue weighted by Crippen LogP contribution is -2.52. The number of fused-ring (bicyclic) bond motifs is 1. The van der Waals surface area contributed by atoms with Crippen molar-refractivity contribution in [2.45, 2.75) is 59.0 Å². The van der Waals surface area contributed by atoms with Gasteiger partial charge < -0.3 is 10.6 Å². The molecule has 1 heterocycles. The Morgan fingerprint density at radius 2 is 1.15 bits per heavy atom. The summed E-state index contributed by atoms with van der Waals surface area (Å²) in [6, 6.07) is 1.61. The van der Waals surface area contributed by atoms with Crippen molar-refractivity contribution in [2.24, 2.45) is 0 Å². The van der Waals surface area contributed by atoms with E-state index in [1.165, 1.54) is 32.4 Å². The van der Waals surface area contributed by atoms with Gasteiger partial charge in [0.15, 0.2) is 0 Å².